The summed E-state index contributed by atoms with van der Waals surface area (Å²) in [5.41, 5.74) is 1.13. The van der Waals surface area contributed by atoms with Gasteiger partial charge in [-0.2, -0.15) is 0 Å². The maximum absolute atomic E-state index is 12.6. The van der Waals surface area contributed by atoms with Gasteiger partial charge in [-0.15, -0.1) is 0 Å². The van der Waals surface area contributed by atoms with Gasteiger partial charge in [0.15, 0.2) is 0 Å². The van der Waals surface area contributed by atoms with Gasteiger partial charge in [-0.1, -0.05) is 65.3 Å². The van der Waals surface area contributed by atoms with Crippen molar-refractivity contribution in [1.82, 2.24) is 4.90 Å². The Balaban J connectivity index is 1.78. The Bertz CT molecular complexity index is 649. The number of amides is 1. The first kappa shape index (κ1) is 14.6. The predicted octanol–water partition coefficient (Wildman–Crippen LogP) is 4.01. The fourth-order valence-corrected chi connectivity index (χ4v) is 3.58. The largest absolute Gasteiger partial charge is 0.341 e. The molecule has 3 rings (SSSR count). The summed E-state index contributed by atoms with van der Waals surface area (Å²) in [6, 6.07) is 14.5. The molecule has 1 heterocycles. The van der Waals surface area contributed by atoms with Crippen molar-refractivity contribution < 1.29 is 4.79 Å². The van der Waals surface area contributed by atoms with Crippen LogP contribution in [0.2, 0.25) is 0 Å². The number of hydrogen-bond acceptors (Lipinski definition) is 1. The lowest BCUT2D eigenvalue weighted by Crippen LogP contribution is -2.44. The van der Waals surface area contributed by atoms with Crippen molar-refractivity contribution in [3.63, 3.8) is 0 Å². The molecule has 0 aromatic heterocycles. The van der Waals surface area contributed by atoms with E-state index in [-0.39, 0.29) is 5.91 Å². The topological polar surface area (TPSA) is 20.3 Å². The minimum Gasteiger partial charge on any atom is -0.341 e. The van der Waals surface area contributed by atoms with Crippen LogP contribution in [0, 0.1) is 5.92 Å². The highest BCUT2D eigenvalue weighted by Gasteiger charge is 2.27. The highest BCUT2D eigenvalue weighted by Crippen LogP contribution is 2.25. The molecule has 1 amide bonds. The molecule has 0 radical (unpaired) electrons. The molecule has 1 aliphatic heterocycles. The number of halogens is 1. The standard InChI is InChI=1S/C18H20BrNO/c1-13-9-10-20(12-17(13)19)18(21)11-15-7-4-6-14-5-2-3-8-16(14)15/h2-8,13,17H,9-12H2,1H3. The summed E-state index contributed by atoms with van der Waals surface area (Å²) in [6.45, 7) is 3.95. The van der Waals surface area contributed by atoms with Crippen LogP contribution in [0.15, 0.2) is 42.5 Å². The van der Waals surface area contributed by atoms with Crippen LogP contribution in [-0.4, -0.2) is 28.7 Å². The van der Waals surface area contributed by atoms with Gasteiger partial charge in [-0.25, -0.2) is 0 Å². The Kier molecular flexibility index (Phi) is 4.29. The first-order valence-corrected chi connectivity index (χ1v) is 8.45. The summed E-state index contributed by atoms with van der Waals surface area (Å²) < 4.78 is 0. The molecule has 0 saturated carbocycles. The first-order chi connectivity index (χ1) is 10.1. The third kappa shape index (κ3) is 3.13. The molecule has 21 heavy (non-hydrogen) atoms. The van der Waals surface area contributed by atoms with Gasteiger partial charge in [-0.05, 0) is 28.7 Å². The summed E-state index contributed by atoms with van der Waals surface area (Å²) in [7, 11) is 0. The van der Waals surface area contributed by atoms with Crippen molar-refractivity contribution in [2.75, 3.05) is 13.1 Å². The summed E-state index contributed by atoms with van der Waals surface area (Å²) >= 11 is 3.69. The van der Waals surface area contributed by atoms with Crippen LogP contribution >= 0.6 is 15.9 Å². The maximum Gasteiger partial charge on any atom is 0.227 e. The Hall–Kier alpha value is -1.35. The molecule has 2 aromatic carbocycles. The van der Waals surface area contributed by atoms with Gasteiger partial charge in [0.1, 0.15) is 0 Å². The molecule has 2 atom stereocenters. The number of carbonyl (C=O) groups excluding carboxylic acids is 1. The average molecular weight is 346 g/mol. The highest BCUT2D eigenvalue weighted by atomic mass is 79.9. The number of benzene rings is 2. The van der Waals surface area contributed by atoms with E-state index in [4.69, 9.17) is 0 Å². The third-order valence-electron chi connectivity index (χ3n) is 4.44. The zero-order valence-electron chi connectivity index (χ0n) is 12.3. The van der Waals surface area contributed by atoms with Crippen molar-refractivity contribution in [2.24, 2.45) is 5.92 Å². The van der Waals surface area contributed by atoms with E-state index in [1.807, 2.05) is 23.1 Å². The monoisotopic (exact) mass is 345 g/mol. The zero-order chi connectivity index (χ0) is 14.8. The van der Waals surface area contributed by atoms with E-state index in [0.717, 1.165) is 25.1 Å². The van der Waals surface area contributed by atoms with Crippen LogP contribution in [0.5, 0.6) is 0 Å². The zero-order valence-corrected chi connectivity index (χ0v) is 13.8. The number of carbonyl (C=O) groups is 1. The maximum atomic E-state index is 12.6. The van der Waals surface area contributed by atoms with Gasteiger partial charge in [-0.3, -0.25) is 4.79 Å². The Morgan fingerprint density at radius 2 is 2.00 bits per heavy atom. The summed E-state index contributed by atoms with van der Waals surface area (Å²) in [4.78, 5) is 15.0. The lowest BCUT2D eigenvalue weighted by molar-refractivity contribution is -0.131. The van der Waals surface area contributed by atoms with Crippen molar-refractivity contribution in [1.29, 1.82) is 0 Å². The number of fused-ring (bicyclic) bond motifs is 1. The quantitative estimate of drug-likeness (QED) is 0.753. The second kappa shape index (κ2) is 6.18. The first-order valence-electron chi connectivity index (χ1n) is 7.53. The van der Waals surface area contributed by atoms with Crippen LogP contribution in [0.4, 0.5) is 0 Å². The molecule has 0 spiro atoms. The molecule has 2 aromatic rings. The molecular formula is C18H20BrNO. The van der Waals surface area contributed by atoms with Gasteiger partial charge in [0.05, 0.1) is 6.42 Å². The van der Waals surface area contributed by atoms with E-state index in [1.54, 1.807) is 0 Å². The van der Waals surface area contributed by atoms with Gasteiger partial charge in [0.2, 0.25) is 5.91 Å². The van der Waals surface area contributed by atoms with E-state index in [1.165, 1.54) is 10.8 Å². The summed E-state index contributed by atoms with van der Waals surface area (Å²) in [5, 5.41) is 2.39. The molecule has 110 valence electrons. The molecule has 0 aliphatic carbocycles. The lowest BCUT2D eigenvalue weighted by atomic mass is 9.97. The Labute approximate surface area is 134 Å². The van der Waals surface area contributed by atoms with Gasteiger partial charge in [0, 0.05) is 17.9 Å². The van der Waals surface area contributed by atoms with Crippen LogP contribution in [-0.2, 0) is 11.2 Å². The molecule has 1 saturated heterocycles. The van der Waals surface area contributed by atoms with E-state index in [2.05, 4.69) is 47.1 Å². The van der Waals surface area contributed by atoms with Gasteiger partial charge < -0.3 is 4.90 Å². The second-order valence-corrected chi connectivity index (χ2v) is 7.11. The molecule has 0 bridgehead atoms. The van der Waals surface area contributed by atoms with Crippen molar-refractivity contribution in [3.8, 4) is 0 Å². The number of nitrogens with zero attached hydrogens (tertiary/aromatic N) is 1. The normalized spacial score (nSPS) is 22.5. The number of alkyl halides is 1. The highest BCUT2D eigenvalue weighted by molar-refractivity contribution is 9.09. The Morgan fingerprint density at radius 1 is 1.24 bits per heavy atom. The van der Waals surface area contributed by atoms with E-state index < -0.39 is 0 Å². The second-order valence-electron chi connectivity index (χ2n) is 5.94. The van der Waals surface area contributed by atoms with Crippen LogP contribution in [0.1, 0.15) is 18.9 Å². The Morgan fingerprint density at radius 3 is 2.81 bits per heavy atom. The van der Waals surface area contributed by atoms with Crippen LogP contribution in [0.3, 0.4) is 0 Å². The smallest absolute Gasteiger partial charge is 0.227 e. The number of hydrogen-bond donors (Lipinski definition) is 0. The molecule has 1 aliphatic rings. The van der Waals surface area contributed by atoms with E-state index in [9.17, 15) is 4.79 Å². The molecular weight excluding hydrogens is 326 g/mol. The SMILES string of the molecule is CC1CCN(C(=O)Cc2cccc3ccccc23)CC1Br. The van der Waals surface area contributed by atoms with Crippen molar-refractivity contribution in [3.05, 3.63) is 48.0 Å². The van der Waals surface area contributed by atoms with Crippen molar-refractivity contribution in [2.45, 2.75) is 24.6 Å². The van der Waals surface area contributed by atoms with Gasteiger partial charge >= 0.3 is 0 Å². The van der Waals surface area contributed by atoms with Crippen molar-refractivity contribution >= 4 is 32.6 Å². The average Bonchev–Trinajstić information content (AvgIpc) is 2.50. The summed E-state index contributed by atoms with van der Waals surface area (Å²) in [6.07, 6.45) is 1.58. The number of piperidine rings is 1. The molecule has 1 fully saturated rings. The van der Waals surface area contributed by atoms with Gasteiger partial charge in [0.25, 0.3) is 0 Å². The number of likely N-dealkylation sites (tertiary alicyclic amines) is 1. The third-order valence-corrected chi connectivity index (χ3v) is 5.63. The number of rotatable bonds is 2. The van der Waals surface area contributed by atoms with Crippen LogP contribution in [0.25, 0.3) is 10.8 Å². The molecule has 2 nitrogen and oxygen atoms in total. The minimum absolute atomic E-state index is 0.239. The fraction of sp³-hybridized carbons (Fsp3) is 0.389. The fourth-order valence-electron chi connectivity index (χ4n) is 2.97. The minimum atomic E-state index is 0.239. The molecule has 0 N–H and O–H groups in total. The molecule has 3 heteroatoms. The summed E-state index contributed by atoms with van der Waals surface area (Å²) in [5.74, 6) is 0.884. The predicted molar refractivity (Wildman–Crippen MR) is 90.7 cm³/mol. The van der Waals surface area contributed by atoms with E-state index >= 15 is 0 Å². The lowest BCUT2D eigenvalue weighted by Gasteiger charge is -2.34. The van der Waals surface area contributed by atoms with E-state index in [0.29, 0.717) is 17.2 Å². The van der Waals surface area contributed by atoms with Crippen LogP contribution < -0.4 is 0 Å². The molecule has 2 unspecified atom stereocenters.